The molecule has 0 aliphatic carbocycles. The number of halogens is 1. The van der Waals surface area contributed by atoms with E-state index in [1.54, 1.807) is 25.3 Å². The summed E-state index contributed by atoms with van der Waals surface area (Å²) >= 11 is 6.21. The van der Waals surface area contributed by atoms with E-state index in [1.807, 2.05) is 17.0 Å². The molecule has 0 N–H and O–H groups in total. The fourth-order valence-electron chi connectivity index (χ4n) is 4.05. The molecule has 1 saturated heterocycles. The maximum Gasteiger partial charge on any atom is 0.253 e. The van der Waals surface area contributed by atoms with Gasteiger partial charge in [-0.05, 0) is 29.3 Å². The molecule has 0 spiro atoms. The predicted molar refractivity (Wildman–Crippen MR) is 120 cm³/mol. The van der Waals surface area contributed by atoms with Crippen LogP contribution in [0.4, 0.5) is 0 Å². The van der Waals surface area contributed by atoms with Crippen molar-refractivity contribution in [2.45, 2.75) is 6.04 Å². The van der Waals surface area contributed by atoms with E-state index < -0.39 is 0 Å². The van der Waals surface area contributed by atoms with Crippen LogP contribution in [0.1, 0.15) is 27.5 Å². The van der Waals surface area contributed by atoms with Gasteiger partial charge in [-0.3, -0.25) is 9.69 Å². The molecule has 0 radical (unpaired) electrons. The molecule has 0 unspecified atom stereocenters. The first kappa shape index (κ1) is 20.5. The Hall–Kier alpha value is -2.82. The third kappa shape index (κ3) is 4.35. The Morgan fingerprint density at radius 1 is 0.867 bits per heavy atom. The molecule has 0 bridgehead atoms. The van der Waals surface area contributed by atoms with E-state index in [4.69, 9.17) is 16.3 Å². The fraction of sp³-hybridized carbons (Fsp3) is 0.240. The maximum atomic E-state index is 13.0. The Bertz CT molecular complexity index is 947. The van der Waals surface area contributed by atoms with E-state index in [9.17, 15) is 4.79 Å². The number of benzene rings is 3. The van der Waals surface area contributed by atoms with Gasteiger partial charge in [0, 0.05) is 31.7 Å². The molecule has 1 heterocycles. The maximum absolute atomic E-state index is 13.0. The molecule has 1 aliphatic rings. The van der Waals surface area contributed by atoms with Crippen molar-refractivity contribution in [2.24, 2.45) is 0 Å². The molecule has 1 aliphatic heterocycles. The molecule has 154 valence electrons. The van der Waals surface area contributed by atoms with Gasteiger partial charge >= 0.3 is 0 Å². The highest BCUT2D eigenvalue weighted by molar-refractivity contribution is 6.32. The lowest BCUT2D eigenvalue weighted by Gasteiger charge is -2.39. The quantitative estimate of drug-likeness (QED) is 0.588. The smallest absolute Gasteiger partial charge is 0.253 e. The zero-order valence-corrected chi connectivity index (χ0v) is 17.8. The third-order valence-electron chi connectivity index (χ3n) is 5.60. The van der Waals surface area contributed by atoms with E-state index >= 15 is 0 Å². The molecular weight excluding hydrogens is 396 g/mol. The summed E-state index contributed by atoms with van der Waals surface area (Å²) in [4.78, 5) is 17.3. The monoisotopic (exact) mass is 420 g/mol. The van der Waals surface area contributed by atoms with Gasteiger partial charge < -0.3 is 9.64 Å². The molecule has 5 heteroatoms. The SMILES string of the molecule is COc1ccc(C(=O)N2CCN(C(c3ccccc3)c3ccccc3)CC2)cc1Cl. The highest BCUT2D eigenvalue weighted by atomic mass is 35.5. The highest BCUT2D eigenvalue weighted by Crippen LogP contribution is 2.30. The Morgan fingerprint density at radius 3 is 1.93 bits per heavy atom. The zero-order chi connectivity index (χ0) is 20.9. The summed E-state index contributed by atoms with van der Waals surface area (Å²) in [6.07, 6.45) is 0. The third-order valence-corrected chi connectivity index (χ3v) is 5.89. The number of methoxy groups -OCH3 is 1. The summed E-state index contributed by atoms with van der Waals surface area (Å²) in [7, 11) is 1.57. The van der Waals surface area contributed by atoms with Crippen molar-refractivity contribution in [1.29, 1.82) is 0 Å². The number of hydrogen-bond acceptors (Lipinski definition) is 3. The van der Waals surface area contributed by atoms with Gasteiger partial charge in [0.05, 0.1) is 18.2 Å². The van der Waals surface area contributed by atoms with Crippen molar-refractivity contribution in [3.05, 3.63) is 101 Å². The largest absolute Gasteiger partial charge is 0.495 e. The van der Waals surface area contributed by atoms with Crippen LogP contribution in [0.3, 0.4) is 0 Å². The zero-order valence-electron chi connectivity index (χ0n) is 17.0. The molecular formula is C25H25ClN2O2. The number of rotatable bonds is 5. The summed E-state index contributed by atoms with van der Waals surface area (Å²) in [5.41, 5.74) is 3.13. The van der Waals surface area contributed by atoms with Crippen LogP contribution in [-0.4, -0.2) is 49.0 Å². The van der Waals surface area contributed by atoms with Gasteiger partial charge in [-0.1, -0.05) is 72.3 Å². The molecule has 4 rings (SSSR count). The van der Waals surface area contributed by atoms with Crippen LogP contribution >= 0.6 is 11.6 Å². The Balaban J connectivity index is 1.49. The van der Waals surface area contributed by atoms with Crippen LogP contribution in [0.2, 0.25) is 5.02 Å². The summed E-state index contributed by atoms with van der Waals surface area (Å²) < 4.78 is 5.19. The number of piperazine rings is 1. The number of amides is 1. The number of ether oxygens (including phenoxy) is 1. The second-order valence-corrected chi connectivity index (χ2v) is 7.81. The van der Waals surface area contributed by atoms with Crippen LogP contribution in [0.5, 0.6) is 5.75 Å². The number of hydrogen-bond donors (Lipinski definition) is 0. The molecule has 1 fully saturated rings. The van der Waals surface area contributed by atoms with Crippen molar-refractivity contribution in [3.8, 4) is 5.75 Å². The topological polar surface area (TPSA) is 32.8 Å². The second kappa shape index (κ2) is 9.33. The highest BCUT2D eigenvalue weighted by Gasteiger charge is 2.28. The van der Waals surface area contributed by atoms with Crippen molar-refractivity contribution in [3.63, 3.8) is 0 Å². The van der Waals surface area contributed by atoms with Crippen LogP contribution in [0.15, 0.2) is 78.9 Å². The van der Waals surface area contributed by atoms with Crippen LogP contribution < -0.4 is 4.74 Å². The average molecular weight is 421 g/mol. The van der Waals surface area contributed by atoms with Gasteiger partial charge in [-0.2, -0.15) is 0 Å². The van der Waals surface area contributed by atoms with E-state index in [0.717, 1.165) is 13.1 Å². The van der Waals surface area contributed by atoms with Gasteiger partial charge in [-0.15, -0.1) is 0 Å². The summed E-state index contributed by atoms with van der Waals surface area (Å²) in [6.45, 7) is 2.98. The van der Waals surface area contributed by atoms with E-state index in [-0.39, 0.29) is 11.9 Å². The molecule has 0 saturated carbocycles. The molecule has 4 nitrogen and oxygen atoms in total. The van der Waals surface area contributed by atoms with E-state index in [2.05, 4.69) is 53.4 Å². The lowest BCUT2D eigenvalue weighted by atomic mass is 9.96. The summed E-state index contributed by atoms with van der Waals surface area (Å²) in [5, 5.41) is 0.454. The lowest BCUT2D eigenvalue weighted by Crippen LogP contribution is -2.49. The summed E-state index contributed by atoms with van der Waals surface area (Å²) in [6, 6.07) is 26.5. The number of carbonyl (C=O) groups is 1. The second-order valence-electron chi connectivity index (χ2n) is 7.40. The molecule has 1 amide bonds. The lowest BCUT2D eigenvalue weighted by molar-refractivity contribution is 0.0597. The number of nitrogens with zero attached hydrogens (tertiary/aromatic N) is 2. The van der Waals surface area contributed by atoms with Crippen molar-refractivity contribution in [1.82, 2.24) is 9.80 Å². The van der Waals surface area contributed by atoms with Gasteiger partial charge in [0.1, 0.15) is 5.75 Å². The van der Waals surface area contributed by atoms with Crippen LogP contribution in [0.25, 0.3) is 0 Å². The van der Waals surface area contributed by atoms with E-state index in [0.29, 0.717) is 29.4 Å². The fourth-order valence-corrected chi connectivity index (χ4v) is 4.31. The van der Waals surface area contributed by atoms with Crippen molar-refractivity contribution >= 4 is 17.5 Å². The van der Waals surface area contributed by atoms with Crippen molar-refractivity contribution < 1.29 is 9.53 Å². The normalized spacial score (nSPS) is 14.7. The van der Waals surface area contributed by atoms with E-state index in [1.165, 1.54) is 11.1 Å². The van der Waals surface area contributed by atoms with Crippen molar-refractivity contribution in [2.75, 3.05) is 33.3 Å². The van der Waals surface area contributed by atoms with Gasteiger partial charge in [0.25, 0.3) is 5.91 Å². The predicted octanol–water partition coefficient (Wildman–Crippen LogP) is 4.90. The minimum absolute atomic E-state index is 0.00942. The minimum atomic E-state index is 0.00942. The minimum Gasteiger partial charge on any atom is -0.495 e. The van der Waals surface area contributed by atoms with Gasteiger partial charge in [-0.25, -0.2) is 0 Å². The molecule has 3 aromatic carbocycles. The molecule has 0 atom stereocenters. The Labute approximate surface area is 182 Å². The Kier molecular flexibility index (Phi) is 6.36. The molecule has 3 aromatic rings. The molecule has 30 heavy (non-hydrogen) atoms. The van der Waals surface area contributed by atoms with Crippen LogP contribution in [-0.2, 0) is 0 Å². The first-order valence-electron chi connectivity index (χ1n) is 10.1. The van der Waals surface area contributed by atoms with Gasteiger partial charge in [0.2, 0.25) is 0 Å². The molecule has 0 aromatic heterocycles. The Morgan fingerprint density at radius 2 is 1.43 bits per heavy atom. The summed E-state index contributed by atoms with van der Waals surface area (Å²) in [5.74, 6) is 0.585. The average Bonchev–Trinajstić information content (AvgIpc) is 2.81. The van der Waals surface area contributed by atoms with Gasteiger partial charge in [0.15, 0.2) is 0 Å². The standard InChI is InChI=1S/C25H25ClN2O2/c1-30-23-13-12-21(18-22(23)26)25(29)28-16-14-27(15-17-28)24(19-8-4-2-5-9-19)20-10-6-3-7-11-20/h2-13,18,24H,14-17H2,1H3. The number of carbonyl (C=O) groups excluding carboxylic acids is 1. The van der Waals surface area contributed by atoms with Crippen LogP contribution in [0, 0.1) is 0 Å². The first-order chi connectivity index (χ1) is 14.7. The first-order valence-corrected chi connectivity index (χ1v) is 10.5.